The summed E-state index contributed by atoms with van der Waals surface area (Å²) in [6.07, 6.45) is 0. The standard InChI is InChI=1S/C22H25N5.C20H21N5.C20H20N4O.C19H19N5.C19H18N4O/c1-12-10-17-18(11-13(12)2)25-21(24-17)20-19(14(3)26-27-20)15-6-8-16(9-7-15)22(4,5)23;1-11-8-16-17(9-12(11)2)23-20(22-16)19-18(13(3)24-25-19)15-6-4-14(10-21)5-7-15;1-11-8-16-17(9-12(11)2)22-20(21-16)19-18(13(3)23-24-19)15-6-4-14(10-25)5-7-15;1-10-8-15-16(9-11(10)2)22-19(21-15)18-17(12(3)23-24-18)13-4-6-14(20)7-5-13;1-10-8-15-16(9-11(10)2)21-19(20-15)18-17(12(3)22-23-18)13-4-6-14(24)7-5-13/h6-11H,23H2,1-5H3,(H,24,25)(H,26,27);4-9H,10,21H2,1-3H3,(H,22,23)(H,24,25);4-9,25H,10H2,1-3H3,(H,21,22)(H,23,24);4-9H,20H2,1-3H3,(H,21,22)(H,23,24);4-9,24H,1-3H3,(H,20,21)(H,22,23). The van der Waals surface area contributed by atoms with Crippen LogP contribution in [0.4, 0.5) is 5.69 Å². The summed E-state index contributed by atoms with van der Waals surface area (Å²) in [5.74, 6) is 4.06. The lowest BCUT2D eigenvalue weighted by molar-refractivity contribution is 0.282. The van der Waals surface area contributed by atoms with E-state index < -0.39 is 0 Å². The monoisotopic (exact) mass is 1660 g/mol. The first-order valence-corrected chi connectivity index (χ1v) is 41.6. The molecule has 0 aliphatic carbocycles. The maximum absolute atomic E-state index is 9.52. The molecule has 10 heterocycles. The second-order valence-electron chi connectivity index (χ2n) is 33.3. The molecule has 0 amide bonds. The fraction of sp³-hybridized carbons (Fsp3) is 0.200. The van der Waals surface area contributed by atoms with Crippen molar-refractivity contribution in [2.45, 2.75) is 136 Å². The maximum Gasteiger partial charge on any atom is 0.159 e. The predicted octanol–water partition coefficient (Wildman–Crippen LogP) is 21.2. The predicted molar refractivity (Wildman–Crippen MR) is 504 cm³/mol. The smallest absolute Gasteiger partial charge is 0.159 e. The lowest BCUT2D eigenvalue weighted by atomic mass is 9.93. The normalized spacial score (nSPS) is 11.5. The first kappa shape index (κ1) is 83.7. The molecule has 0 saturated carbocycles. The number of phenols is 1. The highest BCUT2D eigenvalue weighted by molar-refractivity contribution is 5.92. The van der Waals surface area contributed by atoms with Crippen molar-refractivity contribution < 1.29 is 10.2 Å². The number of benzene rings is 10. The van der Waals surface area contributed by atoms with Gasteiger partial charge in [0.2, 0.25) is 0 Å². The molecule has 630 valence electrons. The Bertz CT molecular complexity index is 6810. The van der Waals surface area contributed by atoms with Crippen molar-refractivity contribution in [3.05, 3.63) is 283 Å². The molecular formula is C100H103N23O2. The second kappa shape index (κ2) is 34.2. The number of nitrogens with zero attached hydrogens (tertiary/aromatic N) is 10. The van der Waals surface area contributed by atoms with Gasteiger partial charge >= 0.3 is 0 Å². The first-order chi connectivity index (χ1) is 59.9. The molecule has 0 atom stereocenters. The Labute approximate surface area is 723 Å². The van der Waals surface area contributed by atoms with Crippen LogP contribution < -0.4 is 17.2 Å². The lowest BCUT2D eigenvalue weighted by Gasteiger charge is -2.19. The minimum Gasteiger partial charge on any atom is -0.508 e. The summed E-state index contributed by atoms with van der Waals surface area (Å²) in [4.78, 5) is 40.7. The summed E-state index contributed by atoms with van der Waals surface area (Å²) < 4.78 is 0. The summed E-state index contributed by atoms with van der Waals surface area (Å²) >= 11 is 0. The van der Waals surface area contributed by atoms with Crippen molar-refractivity contribution >= 4 is 60.9 Å². The Kier molecular flexibility index (Phi) is 22.9. The van der Waals surface area contributed by atoms with Crippen LogP contribution in [0.1, 0.15) is 115 Å². The number of aromatic nitrogens is 20. The molecular weight excluding hydrogens is 1560 g/mol. The molecule has 0 aliphatic rings. The van der Waals surface area contributed by atoms with Crippen LogP contribution in [0.3, 0.4) is 0 Å². The minimum atomic E-state index is -0.360. The fourth-order valence-electron chi connectivity index (χ4n) is 15.6. The van der Waals surface area contributed by atoms with Gasteiger partial charge in [-0.25, -0.2) is 24.9 Å². The largest absolute Gasteiger partial charge is 0.508 e. The zero-order valence-electron chi connectivity index (χ0n) is 73.3. The Hall–Kier alpha value is -14.9. The number of hydrogen-bond donors (Lipinski definition) is 15. The highest BCUT2D eigenvalue weighted by Crippen LogP contribution is 2.40. The number of hydrogen-bond acceptors (Lipinski definition) is 15. The van der Waals surface area contributed by atoms with Crippen LogP contribution in [0.15, 0.2) is 182 Å². The van der Waals surface area contributed by atoms with Crippen molar-refractivity contribution in [2.24, 2.45) is 11.5 Å². The molecule has 0 bridgehead atoms. The van der Waals surface area contributed by atoms with Gasteiger partial charge in [0.15, 0.2) is 29.1 Å². The van der Waals surface area contributed by atoms with E-state index in [1.54, 1.807) is 12.1 Å². The van der Waals surface area contributed by atoms with Gasteiger partial charge in [0.25, 0.3) is 0 Å². The van der Waals surface area contributed by atoms with Gasteiger partial charge < -0.3 is 52.3 Å². The highest BCUT2D eigenvalue weighted by atomic mass is 16.3. The number of nitrogens with one attached hydrogen (secondary N) is 10. The average molecular weight is 1660 g/mol. The quantitative estimate of drug-likeness (QED) is 0.0477. The van der Waals surface area contributed by atoms with E-state index in [9.17, 15) is 10.2 Å². The van der Waals surface area contributed by atoms with Gasteiger partial charge in [-0.15, -0.1) is 0 Å². The molecule has 0 radical (unpaired) electrons. The van der Waals surface area contributed by atoms with Gasteiger partial charge in [-0.1, -0.05) is 97.1 Å². The lowest BCUT2D eigenvalue weighted by Crippen LogP contribution is -2.28. The van der Waals surface area contributed by atoms with E-state index in [1.807, 2.05) is 109 Å². The summed E-state index contributed by atoms with van der Waals surface area (Å²) in [5, 5.41) is 56.6. The first-order valence-electron chi connectivity index (χ1n) is 41.6. The van der Waals surface area contributed by atoms with Gasteiger partial charge in [-0.2, -0.15) is 25.5 Å². The zero-order valence-corrected chi connectivity index (χ0v) is 73.3. The Morgan fingerprint density at radius 3 is 0.744 bits per heavy atom. The van der Waals surface area contributed by atoms with Crippen molar-refractivity contribution in [1.29, 1.82) is 0 Å². The third-order valence-electron chi connectivity index (χ3n) is 23.5. The van der Waals surface area contributed by atoms with Crippen LogP contribution in [-0.4, -0.2) is 111 Å². The van der Waals surface area contributed by atoms with Crippen LogP contribution in [0.2, 0.25) is 0 Å². The molecule has 0 saturated heterocycles. The number of nitrogen functional groups attached to an aromatic ring is 1. The van der Waals surface area contributed by atoms with Crippen molar-refractivity contribution in [3.63, 3.8) is 0 Å². The van der Waals surface area contributed by atoms with E-state index in [1.165, 1.54) is 55.6 Å². The Morgan fingerprint density at radius 2 is 0.512 bits per heavy atom. The molecule has 25 nitrogen and oxygen atoms in total. The number of fused-ring (bicyclic) bond motifs is 5. The molecule has 0 unspecified atom stereocenters. The molecule has 18 N–H and O–H groups in total. The van der Waals surface area contributed by atoms with Crippen LogP contribution in [-0.2, 0) is 18.7 Å². The van der Waals surface area contributed by atoms with Crippen molar-refractivity contribution in [2.75, 3.05) is 5.73 Å². The van der Waals surface area contributed by atoms with Crippen LogP contribution in [0.25, 0.3) is 168 Å². The average Bonchev–Trinajstić information content (AvgIpc) is 1.65. The SMILES string of the molecule is Cc1cc2nc(-c3n[nH]c(C)c3-c3ccc(C(C)(C)N)cc3)[nH]c2cc1C.Cc1cc2nc(-c3n[nH]c(C)c3-c3ccc(CN)cc3)[nH]c2cc1C.Cc1cc2nc(-c3n[nH]c(C)c3-c3ccc(CO)cc3)[nH]c2cc1C.Cc1cc2nc(-c3n[nH]c(C)c3-c3ccc(N)cc3)[nH]c2cc1C.Cc1cc2nc(-c3n[nH]c(C)c3-c3ccc(O)cc3)[nH]c2cc1C. The fourth-order valence-corrected chi connectivity index (χ4v) is 15.6. The molecule has 125 heavy (non-hydrogen) atoms. The number of aromatic amines is 10. The third kappa shape index (κ3) is 17.1. The number of aliphatic hydroxyl groups excluding tert-OH is 1. The molecule has 10 aromatic heterocycles. The molecule has 0 spiro atoms. The number of imidazole rings is 5. The number of aliphatic hydroxyl groups is 1. The zero-order chi connectivity index (χ0) is 88.1. The van der Waals surface area contributed by atoms with Gasteiger partial charge in [-0.3, -0.25) is 25.5 Å². The molecule has 20 aromatic rings. The van der Waals surface area contributed by atoms with Crippen LogP contribution >= 0.6 is 0 Å². The van der Waals surface area contributed by atoms with E-state index in [0.717, 1.165) is 219 Å². The van der Waals surface area contributed by atoms with Crippen molar-refractivity contribution in [3.8, 4) is 119 Å². The number of rotatable bonds is 13. The van der Waals surface area contributed by atoms with Gasteiger partial charge in [0, 0.05) is 74.1 Å². The summed E-state index contributed by atoms with van der Waals surface area (Å²) in [5.41, 5.74) is 63.0. The van der Waals surface area contributed by atoms with E-state index in [4.69, 9.17) is 42.1 Å². The summed E-state index contributed by atoms with van der Waals surface area (Å²) in [6, 6.07) is 60.6. The van der Waals surface area contributed by atoms with Crippen LogP contribution in [0, 0.1) is 104 Å². The van der Waals surface area contributed by atoms with Gasteiger partial charge in [-0.05, 0) is 303 Å². The molecule has 25 heteroatoms. The second-order valence-corrected chi connectivity index (χ2v) is 33.3. The minimum absolute atomic E-state index is 0.0415. The number of anilines is 1. The van der Waals surface area contributed by atoms with E-state index in [0.29, 0.717) is 6.54 Å². The number of H-pyrrole nitrogens is 10. The number of nitrogens with two attached hydrogens (primary N) is 3. The van der Waals surface area contributed by atoms with Gasteiger partial charge in [0.05, 0.1) is 61.8 Å². The van der Waals surface area contributed by atoms with Crippen molar-refractivity contribution in [1.82, 2.24) is 101 Å². The summed E-state index contributed by atoms with van der Waals surface area (Å²) in [6.45, 7) is 35.7. The number of aryl methyl sites for hydroxylation is 15. The summed E-state index contributed by atoms with van der Waals surface area (Å²) in [7, 11) is 0. The van der Waals surface area contributed by atoms with Crippen LogP contribution in [0.5, 0.6) is 5.75 Å². The van der Waals surface area contributed by atoms with E-state index in [2.05, 4.69) is 254 Å². The topological polar surface area (TPSA) is 405 Å². The highest BCUT2D eigenvalue weighted by Gasteiger charge is 2.25. The Balaban J connectivity index is 0.000000115. The third-order valence-corrected chi connectivity index (χ3v) is 23.5. The number of aromatic hydroxyl groups is 1. The van der Waals surface area contributed by atoms with E-state index in [-0.39, 0.29) is 17.9 Å². The molecule has 0 aliphatic heterocycles. The number of phenolic OH excluding ortho intramolecular Hbond substituents is 1. The maximum atomic E-state index is 9.52. The van der Waals surface area contributed by atoms with Gasteiger partial charge in [0.1, 0.15) is 34.2 Å². The molecule has 10 aromatic carbocycles. The molecule has 0 fully saturated rings. The molecule has 20 rings (SSSR count). The Morgan fingerprint density at radius 1 is 0.296 bits per heavy atom. The van der Waals surface area contributed by atoms with E-state index >= 15 is 0 Å².